The Balaban J connectivity index is 2.85. The zero-order chi connectivity index (χ0) is 23.4. The predicted molar refractivity (Wildman–Crippen MR) is 132 cm³/mol. The first-order chi connectivity index (χ1) is 14.6. The molecule has 2 atom stereocenters. The van der Waals surface area contributed by atoms with Gasteiger partial charge in [0.1, 0.15) is 5.75 Å². The second-order valence-corrected chi connectivity index (χ2v) is 10.2. The quantitative estimate of drug-likeness (QED) is 0.341. The van der Waals surface area contributed by atoms with Crippen LogP contribution in [0.1, 0.15) is 86.6 Å². The van der Waals surface area contributed by atoms with Crippen LogP contribution in [0.25, 0.3) is 0 Å². The van der Waals surface area contributed by atoms with Crippen LogP contribution in [-0.2, 0) is 11.3 Å². The lowest BCUT2D eigenvalue weighted by Crippen LogP contribution is -2.39. The molecule has 2 unspecified atom stereocenters. The minimum Gasteiger partial charge on any atom is -0.494 e. The first-order valence-corrected chi connectivity index (χ1v) is 12.3. The number of hydrogen-bond acceptors (Lipinski definition) is 3. The molecule has 0 heterocycles. The van der Waals surface area contributed by atoms with Crippen LogP contribution < -0.4 is 4.74 Å². The summed E-state index contributed by atoms with van der Waals surface area (Å²) >= 11 is 0. The van der Waals surface area contributed by atoms with Gasteiger partial charge in [0, 0.05) is 19.0 Å². The summed E-state index contributed by atoms with van der Waals surface area (Å²) in [5.74, 6) is 1.55. The Morgan fingerprint density at radius 3 is 2.16 bits per heavy atom. The molecule has 1 amide bonds. The van der Waals surface area contributed by atoms with Gasteiger partial charge in [0.05, 0.1) is 6.61 Å². The van der Waals surface area contributed by atoms with Crippen LogP contribution in [0.4, 0.5) is 0 Å². The van der Waals surface area contributed by atoms with E-state index in [1.807, 2.05) is 19.1 Å². The van der Waals surface area contributed by atoms with Crippen LogP contribution >= 0.6 is 0 Å². The second-order valence-electron chi connectivity index (χ2n) is 10.2. The van der Waals surface area contributed by atoms with Crippen LogP contribution in [0.5, 0.6) is 5.75 Å². The molecule has 0 aliphatic carbocycles. The molecule has 0 radical (unpaired) electrons. The summed E-state index contributed by atoms with van der Waals surface area (Å²) < 4.78 is 5.57. The summed E-state index contributed by atoms with van der Waals surface area (Å²) in [4.78, 5) is 17.9. The molecule has 1 aromatic rings. The maximum atomic E-state index is 13.4. The first kappa shape index (κ1) is 27.5. The van der Waals surface area contributed by atoms with Crippen molar-refractivity contribution in [1.29, 1.82) is 0 Å². The summed E-state index contributed by atoms with van der Waals surface area (Å²) in [7, 11) is 0. The van der Waals surface area contributed by atoms with E-state index in [4.69, 9.17) is 4.74 Å². The Bertz CT molecular complexity index is 617. The molecule has 0 aliphatic heterocycles. The molecule has 0 saturated heterocycles. The molecule has 0 spiro atoms. The Kier molecular flexibility index (Phi) is 12.2. The average Bonchev–Trinajstić information content (AvgIpc) is 2.69. The molecule has 0 fully saturated rings. The highest BCUT2D eigenvalue weighted by atomic mass is 16.5. The Morgan fingerprint density at radius 2 is 1.65 bits per heavy atom. The topological polar surface area (TPSA) is 32.8 Å². The van der Waals surface area contributed by atoms with Gasteiger partial charge in [-0.3, -0.25) is 4.79 Å². The summed E-state index contributed by atoms with van der Waals surface area (Å²) in [6.07, 6.45) is 3.83. The highest BCUT2D eigenvalue weighted by Gasteiger charge is 2.24. The Labute approximate surface area is 192 Å². The molecule has 0 N–H and O–H groups in total. The van der Waals surface area contributed by atoms with Gasteiger partial charge in [-0.25, -0.2) is 0 Å². The zero-order valence-corrected chi connectivity index (χ0v) is 21.5. The molecule has 1 aromatic carbocycles. The molecule has 0 aromatic heterocycles. The monoisotopic (exact) mass is 432 g/mol. The van der Waals surface area contributed by atoms with Gasteiger partial charge in [-0.2, -0.15) is 0 Å². The highest BCUT2D eigenvalue weighted by molar-refractivity contribution is 5.76. The molecule has 4 nitrogen and oxygen atoms in total. The van der Waals surface area contributed by atoms with Crippen LogP contribution in [0.3, 0.4) is 0 Å². The van der Waals surface area contributed by atoms with Crippen molar-refractivity contribution in [3.63, 3.8) is 0 Å². The number of ether oxygens (including phenoxy) is 1. The van der Waals surface area contributed by atoms with Gasteiger partial charge in [0.25, 0.3) is 0 Å². The Hall–Kier alpha value is -1.55. The van der Waals surface area contributed by atoms with Gasteiger partial charge in [-0.05, 0) is 81.8 Å². The van der Waals surface area contributed by atoms with Crippen LogP contribution in [0.15, 0.2) is 24.3 Å². The van der Waals surface area contributed by atoms with Gasteiger partial charge in [0.15, 0.2) is 0 Å². The average molecular weight is 433 g/mol. The maximum absolute atomic E-state index is 13.4. The lowest BCUT2D eigenvalue weighted by Gasteiger charge is -2.32. The van der Waals surface area contributed by atoms with E-state index in [0.717, 1.165) is 50.2 Å². The van der Waals surface area contributed by atoms with Gasteiger partial charge in [0.2, 0.25) is 5.91 Å². The van der Waals surface area contributed by atoms with E-state index in [9.17, 15) is 4.79 Å². The van der Waals surface area contributed by atoms with E-state index in [2.05, 4.69) is 70.4 Å². The number of carbonyl (C=O) groups excluding carboxylic acids is 1. The van der Waals surface area contributed by atoms with Crippen molar-refractivity contribution in [3.8, 4) is 5.75 Å². The van der Waals surface area contributed by atoms with Crippen molar-refractivity contribution in [2.75, 3.05) is 26.2 Å². The molecule has 178 valence electrons. The SMILES string of the molecule is CCOc1ccc(CN(C(=O)CC(C)CC(C)(C)C)C(C)CCCN(CC)CC)cc1. The summed E-state index contributed by atoms with van der Waals surface area (Å²) in [5.41, 5.74) is 1.41. The smallest absolute Gasteiger partial charge is 0.223 e. The normalized spacial score (nSPS) is 13.8. The van der Waals surface area contributed by atoms with E-state index in [1.54, 1.807) is 0 Å². The fourth-order valence-electron chi connectivity index (χ4n) is 4.38. The fourth-order valence-corrected chi connectivity index (χ4v) is 4.38. The van der Waals surface area contributed by atoms with Gasteiger partial charge < -0.3 is 14.5 Å². The van der Waals surface area contributed by atoms with Crippen molar-refractivity contribution >= 4 is 5.91 Å². The van der Waals surface area contributed by atoms with E-state index < -0.39 is 0 Å². The predicted octanol–water partition coefficient (Wildman–Crippen LogP) is 6.39. The molecular weight excluding hydrogens is 384 g/mol. The molecular formula is C27H48N2O2. The lowest BCUT2D eigenvalue weighted by atomic mass is 9.84. The van der Waals surface area contributed by atoms with Gasteiger partial charge >= 0.3 is 0 Å². The number of amides is 1. The molecule has 4 heteroatoms. The summed E-state index contributed by atoms with van der Waals surface area (Å²) in [5, 5.41) is 0. The molecule has 0 aliphatic rings. The molecule has 31 heavy (non-hydrogen) atoms. The Morgan fingerprint density at radius 1 is 1.03 bits per heavy atom. The standard InChI is InChI=1S/C27H48N2O2/c1-9-28(10-2)18-12-13-23(5)29(26(30)19-22(4)20-27(6,7)8)21-24-14-16-25(17-15-24)31-11-3/h14-17,22-23H,9-13,18-21H2,1-8H3. The molecule has 0 bridgehead atoms. The van der Waals surface area contributed by atoms with Crippen molar-refractivity contribution in [1.82, 2.24) is 9.80 Å². The zero-order valence-electron chi connectivity index (χ0n) is 21.5. The van der Waals surface area contributed by atoms with Crippen LogP contribution in [-0.4, -0.2) is 48.0 Å². The van der Waals surface area contributed by atoms with Crippen LogP contribution in [0.2, 0.25) is 0 Å². The van der Waals surface area contributed by atoms with E-state index in [-0.39, 0.29) is 17.4 Å². The number of hydrogen-bond donors (Lipinski definition) is 0. The van der Waals surface area contributed by atoms with E-state index >= 15 is 0 Å². The minimum atomic E-state index is 0.233. The van der Waals surface area contributed by atoms with Crippen molar-refractivity contribution < 1.29 is 9.53 Å². The third-order valence-electron chi connectivity index (χ3n) is 5.91. The van der Waals surface area contributed by atoms with Crippen molar-refractivity contribution in [2.24, 2.45) is 11.3 Å². The van der Waals surface area contributed by atoms with Gasteiger partial charge in [-0.15, -0.1) is 0 Å². The fraction of sp³-hybridized carbons (Fsp3) is 0.741. The van der Waals surface area contributed by atoms with Crippen LogP contribution in [0, 0.1) is 11.3 Å². The van der Waals surface area contributed by atoms with Crippen molar-refractivity contribution in [2.45, 2.75) is 93.7 Å². The molecule has 0 saturated carbocycles. The summed E-state index contributed by atoms with van der Waals surface area (Å²) in [6, 6.07) is 8.43. The minimum absolute atomic E-state index is 0.233. The third kappa shape index (κ3) is 11.0. The number of carbonyl (C=O) groups is 1. The lowest BCUT2D eigenvalue weighted by molar-refractivity contribution is -0.135. The second kappa shape index (κ2) is 13.8. The first-order valence-electron chi connectivity index (χ1n) is 12.3. The maximum Gasteiger partial charge on any atom is 0.223 e. The number of nitrogens with zero attached hydrogens (tertiary/aromatic N) is 2. The van der Waals surface area contributed by atoms with Gasteiger partial charge in [-0.1, -0.05) is 53.7 Å². The highest BCUT2D eigenvalue weighted by Crippen LogP contribution is 2.27. The van der Waals surface area contributed by atoms with E-state index in [1.165, 1.54) is 0 Å². The third-order valence-corrected chi connectivity index (χ3v) is 5.91. The van der Waals surface area contributed by atoms with Crippen molar-refractivity contribution in [3.05, 3.63) is 29.8 Å². The van der Waals surface area contributed by atoms with E-state index in [0.29, 0.717) is 25.5 Å². The molecule has 1 rings (SSSR count). The number of benzene rings is 1. The number of rotatable bonds is 14. The summed E-state index contributed by atoms with van der Waals surface area (Å²) in [6.45, 7) is 22.2. The largest absolute Gasteiger partial charge is 0.494 e.